The van der Waals surface area contributed by atoms with Gasteiger partial charge in [0.2, 0.25) is 0 Å². The Morgan fingerprint density at radius 2 is 2.00 bits per heavy atom. The number of carbonyl (C=O) groups excluding carboxylic acids is 1. The summed E-state index contributed by atoms with van der Waals surface area (Å²) in [6.07, 6.45) is 0. The highest BCUT2D eigenvalue weighted by Gasteiger charge is 2.24. The van der Waals surface area contributed by atoms with E-state index in [2.05, 4.69) is 10.6 Å². The van der Waals surface area contributed by atoms with E-state index in [1.807, 2.05) is 41.1 Å². The maximum Gasteiger partial charge on any atom is 0.315 e. The molecule has 2 aromatic rings. The van der Waals surface area contributed by atoms with Gasteiger partial charge in [0.05, 0.1) is 13.2 Å². The lowest BCUT2D eigenvalue weighted by Crippen LogP contribution is -2.43. The van der Waals surface area contributed by atoms with Crippen molar-refractivity contribution < 1.29 is 14.6 Å². The molecule has 0 radical (unpaired) electrons. The van der Waals surface area contributed by atoms with Crippen molar-refractivity contribution in [3.8, 4) is 0 Å². The molecule has 0 saturated heterocycles. The number of methoxy groups -OCH3 is 1. The molecule has 124 valence electrons. The van der Waals surface area contributed by atoms with Crippen LogP contribution < -0.4 is 10.6 Å². The standard InChI is InChI=1S/C17H22N2O3S/c1-17(21,15-7-8-23-11-15)12-19-16(20)18-9-13-5-3-4-6-14(13)10-22-2/h3-8,11,21H,9-10,12H2,1-2H3,(H2,18,19,20). The topological polar surface area (TPSA) is 70.6 Å². The van der Waals surface area contributed by atoms with Gasteiger partial charge in [-0.25, -0.2) is 4.79 Å². The van der Waals surface area contributed by atoms with E-state index in [1.165, 1.54) is 11.3 Å². The largest absolute Gasteiger partial charge is 0.384 e. The Balaban J connectivity index is 1.84. The average molecular weight is 334 g/mol. The van der Waals surface area contributed by atoms with Crippen LogP contribution in [0.25, 0.3) is 0 Å². The van der Waals surface area contributed by atoms with E-state index in [0.717, 1.165) is 16.7 Å². The molecule has 0 aliphatic heterocycles. The predicted molar refractivity (Wildman–Crippen MR) is 91.3 cm³/mol. The van der Waals surface area contributed by atoms with E-state index in [9.17, 15) is 9.90 Å². The summed E-state index contributed by atoms with van der Waals surface area (Å²) in [7, 11) is 1.64. The van der Waals surface area contributed by atoms with Gasteiger partial charge in [-0.15, -0.1) is 0 Å². The Kier molecular flexibility index (Phi) is 6.15. The molecule has 1 atom stereocenters. The molecule has 0 fully saturated rings. The lowest BCUT2D eigenvalue weighted by molar-refractivity contribution is 0.0598. The van der Waals surface area contributed by atoms with Gasteiger partial charge in [-0.2, -0.15) is 11.3 Å². The number of nitrogens with one attached hydrogen (secondary N) is 2. The Bertz CT molecular complexity index is 627. The minimum Gasteiger partial charge on any atom is -0.384 e. The predicted octanol–water partition coefficient (Wildman–Crippen LogP) is 2.60. The molecule has 0 bridgehead atoms. The maximum atomic E-state index is 11.9. The van der Waals surface area contributed by atoms with Crippen LogP contribution >= 0.6 is 11.3 Å². The number of rotatable bonds is 7. The van der Waals surface area contributed by atoms with Gasteiger partial charge in [-0.05, 0) is 40.4 Å². The highest BCUT2D eigenvalue weighted by atomic mass is 32.1. The van der Waals surface area contributed by atoms with Crippen molar-refractivity contribution in [2.75, 3.05) is 13.7 Å². The first-order valence-corrected chi connectivity index (χ1v) is 8.29. The second kappa shape index (κ2) is 8.10. The van der Waals surface area contributed by atoms with Crippen LogP contribution in [-0.4, -0.2) is 24.8 Å². The van der Waals surface area contributed by atoms with Gasteiger partial charge in [0.15, 0.2) is 0 Å². The van der Waals surface area contributed by atoms with Crippen LogP contribution in [-0.2, 0) is 23.5 Å². The van der Waals surface area contributed by atoms with E-state index in [4.69, 9.17) is 4.74 Å². The number of benzene rings is 1. The first kappa shape index (κ1) is 17.5. The summed E-state index contributed by atoms with van der Waals surface area (Å²) in [4.78, 5) is 11.9. The third kappa shape index (κ3) is 5.06. The Labute approximate surface area is 140 Å². The fraction of sp³-hybridized carbons (Fsp3) is 0.353. The smallest absolute Gasteiger partial charge is 0.315 e. The Hall–Kier alpha value is -1.89. The number of urea groups is 1. The SMILES string of the molecule is COCc1ccccc1CNC(=O)NCC(C)(O)c1ccsc1. The normalized spacial score (nSPS) is 13.3. The third-order valence-electron chi connectivity index (χ3n) is 3.59. The van der Waals surface area contributed by atoms with E-state index in [1.54, 1.807) is 14.0 Å². The monoisotopic (exact) mass is 334 g/mol. The number of aliphatic hydroxyl groups is 1. The third-order valence-corrected chi connectivity index (χ3v) is 4.28. The molecular formula is C17H22N2O3S. The molecule has 3 N–H and O–H groups in total. The fourth-order valence-corrected chi connectivity index (χ4v) is 2.97. The molecule has 2 amide bonds. The molecule has 1 aromatic heterocycles. The highest BCUT2D eigenvalue weighted by Crippen LogP contribution is 2.21. The summed E-state index contributed by atoms with van der Waals surface area (Å²) >= 11 is 1.51. The zero-order chi connectivity index (χ0) is 16.7. The van der Waals surface area contributed by atoms with Crippen molar-refractivity contribution in [3.05, 3.63) is 57.8 Å². The zero-order valence-corrected chi connectivity index (χ0v) is 14.2. The lowest BCUT2D eigenvalue weighted by atomic mass is 9.99. The second-order valence-electron chi connectivity index (χ2n) is 5.52. The van der Waals surface area contributed by atoms with Crippen LogP contribution in [0.4, 0.5) is 4.79 Å². The van der Waals surface area contributed by atoms with Gasteiger partial charge in [-0.3, -0.25) is 0 Å². The molecule has 0 aliphatic carbocycles. The van der Waals surface area contributed by atoms with Gasteiger partial charge in [0.25, 0.3) is 0 Å². The van der Waals surface area contributed by atoms with Crippen molar-refractivity contribution in [2.45, 2.75) is 25.7 Å². The van der Waals surface area contributed by atoms with E-state index < -0.39 is 5.60 Å². The number of carbonyl (C=O) groups is 1. The first-order valence-electron chi connectivity index (χ1n) is 7.35. The van der Waals surface area contributed by atoms with E-state index in [-0.39, 0.29) is 12.6 Å². The van der Waals surface area contributed by atoms with Crippen LogP contribution in [0.3, 0.4) is 0 Å². The molecule has 2 rings (SSSR count). The molecular weight excluding hydrogens is 312 g/mol. The van der Waals surface area contributed by atoms with Gasteiger partial charge in [0, 0.05) is 13.7 Å². The van der Waals surface area contributed by atoms with E-state index in [0.29, 0.717) is 13.2 Å². The summed E-state index contributed by atoms with van der Waals surface area (Å²) in [5.41, 5.74) is 1.77. The quantitative estimate of drug-likeness (QED) is 0.729. The van der Waals surface area contributed by atoms with Crippen molar-refractivity contribution in [1.29, 1.82) is 0 Å². The van der Waals surface area contributed by atoms with Crippen LogP contribution in [0.1, 0.15) is 23.6 Å². The van der Waals surface area contributed by atoms with Crippen LogP contribution in [0.5, 0.6) is 0 Å². The van der Waals surface area contributed by atoms with Gasteiger partial charge in [-0.1, -0.05) is 24.3 Å². The highest BCUT2D eigenvalue weighted by molar-refractivity contribution is 7.08. The minimum absolute atomic E-state index is 0.148. The summed E-state index contributed by atoms with van der Waals surface area (Å²) < 4.78 is 5.15. The van der Waals surface area contributed by atoms with Gasteiger partial charge < -0.3 is 20.5 Å². The zero-order valence-electron chi connectivity index (χ0n) is 13.3. The van der Waals surface area contributed by atoms with Crippen molar-refractivity contribution in [2.24, 2.45) is 0 Å². The first-order chi connectivity index (χ1) is 11.0. The summed E-state index contributed by atoms with van der Waals surface area (Å²) in [6, 6.07) is 9.33. The summed E-state index contributed by atoms with van der Waals surface area (Å²) in [5, 5.41) is 19.7. The van der Waals surface area contributed by atoms with Crippen molar-refractivity contribution in [1.82, 2.24) is 10.6 Å². The summed E-state index contributed by atoms with van der Waals surface area (Å²) in [5.74, 6) is 0. The molecule has 1 heterocycles. The number of ether oxygens (including phenoxy) is 1. The molecule has 1 unspecified atom stereocenters. The lowest BCUT2D eigenvalue weighted by Gasteiger charge is -2.23. The minimum atomic E-state index is -1.08. The molecule has 6 heteroatoms. The average Bonchev–Trinajstić information content (AvgIpc) is 3.08. The van der Waals surface area contributed by atoms with E-state index >= 15 is 0 Å². The van der Waals surface area contributed by atoms with Gasteiger partial charge in [0.1, 0.15) is 5.60 Å². The molecule has 23 heavy (non-hydrogen) atoms. The molecule has 1 aromatic carbocycles. The Morgan fingerprint density at radius 1 is 1.26 bits per heavy atom. The van der Waals surface area contributed by atoms with Crippen molar-refractivity contribution >= 4 is 17.4 Å². The van der Waals surface area contributed by atoms with Gasteiger partial charge >= 0.3 is 6.03 Å². The fourth-order valence-electron chi connectivity index (χ4n) is 2.19. The second-order valence-corrected chi connectivity index (χ2v) is 6.30. The Morgan fingerprint density at radius 3 is 2.65 bits per heavy atom. The number of thiophene rings is 1. The maximum absolute atomic E-state index is 11.9. The summed E-state index contributed by atoms with van der Waals surface area (Å²) in [6.45, 7) is 2.75. The van der Waals surface area contributed by atoms with Crippen LogP contribution in [0.15, 0.2) is 41.1 Å². The van der Waals surface area contributed by atoms with Crippen LogP contribution in [0, 0.1) is 0 Å². The number of hydrogen-bond donors (Lipinski definition) is 3. The molecule has 0 spiro atoms. The molecule has 0 aliphatic rings. The number of amides is 2. The number of hydrogen-bond acceptors (Lipinski definition) is 4. The van der Waals surface area contributed by atoms with Crippen molar-refractivity contribution in [3.63, 3.8) is 0 Å². The molecule has 5 nitrogen and oxygen atoms in total. The molecule has 0 saturated carbocycles. The van der Waals surface area contributed by atoms with Crippen LogP contribution in [0.2, 0.25) is 0 Å².